The number of ether oxygens (including phenoxy) is 1. The Bertz CT molecular complexity index is 1470. The smallest absolute Gasteiger partial charge is 0.404 e. The molecule has 1 aromatic heterocycles. The highest BCUT2D eigenvalue weighted by atomic mass is 32.2. The van der Waals surface area contributed by atoms with Gasteiger partial charge in [0.25, 0.3) is 11.8 Å². The molecule has 0 radical (unpaired) electrons. The molecule has 0 unspecified atom stereocenters. The number of fused-ring (bicyclic) bond motifs is 2. The molecular weight excluding hydrogens is 613 g/mol. The van der Waals surface area contributed by atoms with E-state index in [0.29, 0.717) is 17.1 Å². The average molecular weight is 637 g/mol. The largest absolute Gasteiger partial charge is 0.477 e. The number of nitrogens with one attached hydrogen (secondary N) is 2. The van der Waals surface area contributed by atoms with Gasteiger partial charge in [-0.05, 0) is 17.7 Å². The molecule has 2 atom stereocenters. The van der Waals surface area contributed by atoms with Crippen LogP contribution in [-0.2, 0) is 24.0 Å². The van der Waals surface area contributed by atoms with Crippen molar-refractivity contribution in [3.05, 3.63) is 52.5 Å². The molecule has 1 aromatic rings. The number of aliphatic carboxylic acids is 1. The van der Waals surface area contributed by atoms with E-state index in [4.69, 9.17) is 21.0 Å². The summed E-state index contributed by atoms with van der Waals surface area (Å²) < 4.78 is 8.69. The van der Waals surface area contributed by atoms with Crippen LogP contribution in [0.15, 0.2) is 51.8 Å². The number of thioether (sulfide) groups is 2. The second-order valence-corrected chi connectivity index (χ2v) is 11.7. The maximum absolute atomic E-state index is 13.1. The highest BCUT2D eigenvalue weighted by molar-refractivity contribution is 8.03. The van der Waals surface area contributed by atoms with Gasteiger partial charge >= 0.3 is 12.1 Å². The quantitative estimate of drug-likeness (QED) is 0.0877. The minimum Gasteiger partial charge on any atom is -0.477 e. The second kappa shape index (κ2) is 12.2. The number of rotatable bonds is 11. The van der Waals surface area contributed by atoms with E-state index in [9.17, 15) is 24.3 Å². The lowest BCUT2D eigenvalue weighted by atomic mass is 10.0. The first-order valence-electron chi connectivity index (χ1n) is 12.1. The number of oxime groups is 1. The molecule has 1 saturated heterocycles. The fourth-order valence-electron chi connectivity index (χ4n) is 4.35. The van der Waals surface area contributed by atoms with E-state index in [2.05, 4.69) is 25.3 Å². The van der Waals surface area contributed by atoms with Crippen molar-refractivity contribution in [1.82, 2.24) is 34.9 Å². The zero-order valence-corrected chi connectivity index (χ0v) is 24.2. The first kappa shape index (κ1) is 29.1. The molecule has 0 spiro atoms. The summed E-state index contributed by atoms with van der Waals surface area (Å²) in [5.74, 6) is -1.06. The number of nitrogens with zero attached hydrogens (tertiary/aromatic N) is 6. The number of carboxylic acid groups (broad SMARTS) is 1. The molecule has 3 amide bonds. The lowest BCUT2D eigenvalue weighted by Gasteiger charge is -2.49. The molecule has 5 rings (SSSR count). The molecule has 1 fully saturated rings. The number of anilines is 1. The van der Waals surface area contributed by atoms with Gasteiger partial charge in [-0.2, -0.15) is 9.36 Å². The molecular formula is C22H24N10O7S3. The number of nitrogens with two attached hydrogens (primary N) is 2. The van der Waals surface area contributed by atoms with E-state index >= 15 is 0 Å². The summed E-state index contributed by atoms with van der Waals surface area (Å²) >= 11 is 3.64. The van der Waals surface area contributed by atoms with Crippen LogP contribution >= 0.6 is 35.1 Å². The number of amides is 3. The van der Waals surface area contributed by atoms with Crippen LogP contribution < -0.4 is 22.2 Å². The van der Waals surface area contributed by atoms with Gasteiger partial charge < -0.3 is 36.4 Å². The highest BCUT2D eigenvalue weighted by Crippen LogP contribution is 2.41. The van der Waals surface area contributed by atoms with Crippen LogP contribution in [0.25, 0.3) is 0 Å². The predicted molar refractivity (Wildman–Crippen MR) is 153 cm³/mol. The lowest BCUT2D eigenvalue weighted by Crippen LogP contribution is -2.71. The number of carbonyl (C=O) groups is 4. The van der Waals surface area contributed by atoms with Gasteiger partial charge in [-0.25, -0.2) is 14.6 Å². The molecule has 7 N–H and O–H groups in total. The third-order valence-corrected chi connectivity index (χ3v) is 8.88. The summed E-state index contributed by atoms with van der Waals surface area (Å²) in [6.45, 7) is 0.384. The Balaban J connectivity index is 1.26. The number of hydrogen-bond acceptors (Lipinski definition) is 16. The van der Waals surface area contributed by atoms with Crippen LogP contribution in [0.3, 0.4) is 0 Å². The van der Waals surface area contributed by atoms with E-state index in [1.165, 1.54) is 35.5 Å². The third-order valence-electron chi connectivity index (χ3n) is 6.09. The Kier molecular flexibility index (Phi) is 8.45. The lowest BCUT2D eigenvalue weighted by molar-refractivity contribution is -0.150. The molecule has 222 valence electrons. The van der Waals surface area contributed by atoms with Crippen molar-refractivity contribution in [3.8, 4) is 0 Å². The molecule has 42 heavy (non-hydrogen) atoms. The number of allylic oxidation sites excluding steroid dienone is 2. The molecule has 5 heterocycles. The number of hydrazine groups is 1. The first-order valence-corrected chi connectivity index (χ1v) is 14.9. The van der Waals surface area contributed by atoms with Gasteiger partial charge in [0.05, 0.1) is 5.03 Å². The number of carbonyl (C=O) groups excluding carboxylic acids is 3. The molecule has 0 aromatic carbocycles. The first-order chi connectivity index (χ1) is 20.2. The van der Waals surface area contributed by atoms with E-state index in [-0.39, 0.29) is 35.5 Å². The molecule has 17 nitrogen and oxygen atoms in total. The summed E-state index contributed by atoms with van der Waals surface area (Å²) in [5.41, 5.74) is 13.9. The zero-order valence-electron chi connectivity index (χ0n) is 21.8. The predicted octanol–water partition coefficient (Wildman–Crippen LogP) is -0.672. The third kappa shape index (κ3) is 5.81. The zero-order chi connectivity index (χ0) is 30.0. The minimum atomic E-state index is -1.25. The van der Waals surface area contributed by atoms with Gasteiger partial charge in [-0.1, -0.05) is 5.16 Å². The molecule has 0 saturated carbocycles. The number of hydrogen-bond donors (Lipinski definition) is 5. The van der Waals surface area contributed by atoms with Crippen molar-refractivity contribution in [3.63, 3.8) is 0 Å². The Hall–Kier alpha value is -4.43. The van der Waals surface area contributed by atoms with E-state index in [1.807, 2.05) is 17.1 Å². The van der Waals surface area contributed by atoms with Crippen molar-refractivity contribution in [2.24, 2.45) is 10.9 Å². The van der Waals surface area contributed by atoms with Gasteiger partial charge in [0.1, 0.15) is 36.7 Å². The number of β-lactam (4-membered cyclic amide) rings is 1. The van der Waals surface area contributed by atoms with Gasteiger partial charge in [0.15, 0.2) is 5.13 Å². The van der Waals surface area contributed by atoms with Crippen LogP contribution in [0.5, 0.6) is 0 Å². The van der Waals surface area contributed by atoms with Gasteiger partial charge in [0.2, 0.25) is 11.5 Å². The molecule has 0 aliphatic carbocycles. The van der Waals surface area contributed by atoms with Crippen molar-refractivity contribution >= 4 is 69.8 Å². The second-order valence-electron chi connectivity index (χ2n) is 8.68. The van der Waals surface area contributed by atoms with Crippen LogP contribution in [0.1, 0.15) is 5.82 Å². The van der Waals surface area contributed by atoms with Gasteiger partial charge in [-0.3, -0.25) is 19.9 Å². The van der Waals surface area contributed by atoms with Gasteiger partial charge in [-0.15, -0.1) is 23.5 Å². The average Bonchev–Trinajstić information content (AvgIpc) is 3.57. The van der Waals surface area contributed by atoms with E-state index in [1.54, 1.807) is 17.4 Å². The maximum atomic E-state index is 13.1. The van der Waals surface area contributed by atoms with Crippen LogP contribution in [0.4, 0.5) is 9.93 Å². The van der Waals surface area contributed by atoms with Crippen LogP contribution in [-0.4, -0.2) is 102 Å². The Morgan fingerprint density at radius 2 is 2.14 bits per heavy atom. The number of aromatic nitrogens is 2. The summed E-state index contributed by atoms with van der Waals surface area (Å²) in [5, 5.41) is 18.4. The summed E-state index contributed by atoms with van der Waals surface area (Å²) in [4.78, 5) is 60.8. The summed E-state index contributed by atoms with van der Waals surface area (Å²) in [6, 6.07) is -0.988. The number of primary amides is 1. The van der Waals surface area contributed by atoms with Gasteiger partial charge in [0, 0.05) is 42.0 Å². The Labute approximate surface area is 250 Å². The van der Waals surface area contributed by atoms with E-state index in [0.717, 1.165) is 22.4 Å². The Morgan fingerprint density at radius 3 is 2.83 bits per heavy atom. The van der Waals surface area contributed by atoms with Crippen molar-refractivity contribution in [2.75, 3.05) is 37.5 Å². The van der Waals surface area contributed by atoms with Crippen molar-refractivity contribution < 1.29 is 33.9 Å². The fraction of sp³-hybridized carbons (Fsp3) is 0.318. The van der Waals surface area contributed by atoms with Crippen LogP contribution in [0.2, 0.25) is 0 Å². The van der Waals surface area contributed by atoms with Crippen molar-refractivity contribution in [1.29, 1.82) is 0 Å². The molecule has 0 bridgehead atoms. The standard InChI is InChI=1S/C22H24N10O7S3/c1-38-28-13(16-26-21(23)42-29-16)17(33)25-14-18(34)32-15(20(35)36)10(9-41-19(14)32)8-30-4-5-31-12(30)3-2-11(27-31)40-7-6-39-22(24)37/h2-5,14,19,27H,6-9H2,1H3,(H2,24,37)(H,25,33)(H,35,36)(H2,23,26,29)/b28-13-/t14-,19+/m1/s1. The SMILES string of the molecule is CO/N=C(\C(=O)N[C@@H]1C(=O)N2C(C(=O)O)=C(CN3C=CN4NC(SCCOC(N)=O)=CC=C34)CS[C@@H]12)c1nsc(N)n1. The monoisotopic (exact) mass is 636 g/mol. The van der Waals surface area contributed by atoms with E-state index < -0.39 is 35.3 Å². The number of nitrogen functional groups attached to an aromatic ring is 1. The Morgan fingerprint density at radius 1 is 1.33 bits per heavy atom. The molecule has 4 aliphatic rings. The maximum Gasteiger partial charge on any atom is 0.404 e. The normalized spacial score (nSPS) is 21.1. The topological polar surface area (TPSA) is 231 Å². The molecule has 4 aliphatic heterocycles. The summed E-state index contributed by atoms with van der Waals surface area (Å²) in [6.07, 6.45) is 6.45. The minimum absolute atomic E-state index is 0.0536. The van der Waals surface area contributed by atoms with Crippen LogP contribution in [0, 0.1) is 0 Å². The fourth-order valence-corrected chi connectivity index (χ4v) is 6.83. The highest BCUT2D eigenvalue weighted by Gasteiger charge is 2.54. The number of carboxylic acids is 1. The summed E-state index contributed by atoms with van der Waals surface area (Å²) in [7, 11) is 1.24. The molecule has 20 heteroatoms. The van der Waals surface area contributed by atoms with Crippen molar-refractivity contribution in [2.45, 2.75) is 11.4 Å².